The van der Waals surface area contributed by atoms with Crippen molar-refractivity contribution in [3.63, 3.8) is 0 Å². The van der Waals surface area contributed by atoms with Gasteiger partial charge in [0, 0.05) is 6.04 Å². The lowest BCUT2D eigenvalue weighted by Gasteiger charge is -2.18. The van der Waals surface area contributed by atoms with Gasteiger partial charge in [0.25, 0.3) is 0 Å². The van der Waals surface area contributed by atoms with Gasteiger partial charge in [-0.25, -0.2) is 0 Å². The second-order valence-corrected chi connectivity index (χ2v) is 4.51. The molecule has 15 heavy (non-hydrogen) atoms. The Bertz CT molecular complexity index is 295. The lowest BCUT2D eigenvalue weighted by atomic mass is 10.00. The first-order valence-electron chi connectivity index (χ1n) is 5.75. The van der Waals surface area contributed by atoms with Crippen molar-refractivity contribution >= 4 is 0 Å². The second-order valence-electron chi connectivity index (χ2n) is 4.51. The van der Waals surface area contributed by atoms with Crippen molar-refractivity contribution in [1.29, 1.82) is 0 Å². The Hall–Kier alpha value is -0.860. The van der Waals surface area contributed by atoms with Crippen LogP contribution in [0.25, 0.3) is 0 Å². The average molecular weight is 205 g/mol. The minimum Gasteiger partial charge on any atom is -0.391 e. The van der Waals surface area contributed by atoms with E-state index >= 15 is 0 Å². The zero-order chi connectivity index (χ0) is 10.7. The van der Waals surface area contributed by atoms with E-state index in [4.69, 9.17) is 5.73 Å². The summed E-state index contributed by atoms with van der Waals surface area (Å²) in [6.07, 6.45) is 3.76. The van der Waals surface area contributed by atoms with Crippen LogP contribution >= 0.6 is 0 Å². The molecule has 0 aliphatic heterocycles. The number of rotatable bonds is 5. The van der Waals surface area contributed by atoms with E-state index in [1.165, 1.54) is 18.4 Å². The molecule has 1 aliphatic carbocycles. The highest BCUT2D eigenvalue weighted by Gasteiger charge is 2.32. The number of hydrogen-bond donors (Lipinski definition) is 2. The van der Waals surface area contributed by atoms with E-state index in [-0.39, 0.29) is 12.1 Å². The monoisotopic (exact) mass is 205 g/mol. The molecule has 1 aromatic rings. The van der Waals surface area contributed by atoms with E-state index in [1.807, 2.05) is 18.2 Å². The molecule has 0 radical (unpaired) electrons. The number of aryl methyl sites for hydroxylation is 1. The summed E-state index contributed by atoms with van der Waals surface area (Å²) < 4.78 is 0. The molecule has 1 saturated carbocycles. The minimum absolute atomic E-state index is 0.00582. The fraction of sp³-hybridized carbons (Fsp3) is 0.538. The molecule has 1 fully saturated rings. The summed E-state index contributed by atoms with van der Waals surface area (Å²) in [6, 6.07) is 10.2. The van der Waals surface area contributed by atoms with Crippen LogP contribution in [0.3, 0.4) is 0 Å². The van der Waals surface area contributed by atoms with Crippen molar-refractivity contribution in [3.8, 4) is 0 Å². The van der Waals surface area contributed by atoms with E-state index in [0.717, 1.165) is 12.8 Å². The van der Waals surface area contributed by atoms with E-state index in [1.54, 1.807) is 0 Å². The Morgan fingerprint density at radius 3 is 2.53 bits per heavy atom. The maximum absolute atomic E-state index is 9.86. The van der Waals surface area contributed by atoms with Crippen molar-refractivity contribution < 1.29 is 5.11 Å². The molecule has 2 rings (SSSR count). The largest absolute Gasteiger partial charge is 0.391 e. The van der Waals surface area contributed by atoms with Crippen LogP contribution in [0.15, 0.2) is 30.3 Å². The van der Waals surface area contributed by atoms with Gasteiger partial charge in [-0.1, -0.05) is 30.3 Å². The van der Waals surface area contributed by atoms with Crippen LogP contribution in [0.1, 0.15) is 24.8 Å². The van der Waals surface area contributed by atoms with Gasteiger partial charge in [-0.3, -0.25) is 0 Å². The summed E-state index contributed by atoms with van der Waals surface area (Å²) in [7, 11) is 0. The molecule has 2 atom stereocenters. The molecule has 0 bridgehead atoms. The lowest BCUT2D eigenvalue weighted by Crippen LogP contribution is -2.36. The van der Waals surface area contributed by atoms with Crippen LogP contribution in [0, 0.1) is 5.92 Å². The zero-order valence-electron chi connectivity index (χ0n) is 8.97. The number of aliphatic hydroxyl groups is 1. The maximum atomic E-state index is 9.86. The molecular weight excluding hydrogens is 186 g/mol. The Balaban J connectivity index is 1.77. The average Bonchev–Trinajstić information content (AvgIpc) is 3.10. The van der Waals surface area contributed by atoms with Crippen LogP contribution in [-0.4, -0.2) is 17.3 Å². The summed E-state index contributed by atoms with van der Waals surface area (Å²) in [6.45, 7) is 0. The molecule has 2 heteroatoms. The highest BCUT2D eigenvalue weighted by Crippen LogP contribution is 2.33. The fourth-order valence-electron chi connectivity index (χ4n) is 1.95. The molecular formula is C13H19NO. The molecule has 1 aromatic carbocycles. The quantitative estimate of drug-likeness (QED) is 0.768. The minimum atomic E-state index is -0.335. The van der Waals surface area contributed by atoms with Crippen molar-refractivity contribution in [1.82, 2.24) is 0 Å². The Labute approximate surface area is 91.1 Å². The number of benzene rings is 1. The number of nitrogens with two attached hydrogens (primary N) is 1. The lowest BCUT2D eigenvalue weighted by molar-refractivity contribution is 0.126. The van der Waals surface area contributed by atoms with E-state index in [2.05, 4.69) is 12.1 Å². The predicted octanol–water partition coefficient (Wildman–Crippen LogP) is 1.72. The van der Waals surface area contributed by atoms with Gasteiger partial charge >= 0.3 is 0 Å². The molecule has 0 heterocycles. The van der Waals surface area contributed by atoms with E-state index in [9.17, 15) is 5.11 Å². The summed E-state index contributed by atoms with van der Waals surface area (Å²) >= 11 is 0. The van der Waals surface area contributed by atoms with Gasteiger partial charge < -0.3 is 10.8 Å². The van der Waals surface area contributed by atoms with Crippen LogP contribution < -0.4 is 5.73 Å². The Morgan fingerprint density at radius 1 is 1.27 bits per heavy atom. The summed E-state index contributed by atoms with van der Waals surface area (Å²) in [5.41, 5.74) is 7.21. The number of aliphatic hydroxyl groups excluding tert-OH is 1. The van der Waals surface area contributed by atoms with Crippen LogP contribution in [-0.2, 0) is 6.42 Å². The molecule has 82 valence electrons. The van der Waals surface area contributed by atoms with Crippen molar-refractivity contribution in [2.75, 3.05) is 0 Å². The van der Waals surface area contributed by atoms with Crippen LogP contribution in [0.4, 0.5) is 0 Å². The molecule has 0 amide bonds. The third kappa shape index (κ3) is 3.05. The Kier molecular flexibility index (Phi) is 3.39. The zero-order valence-corrected chi connectivity index (χ0v) is 8.97. The van der Waals surface area contributed by atoms with Crippen molar-refractivity contribution in [2.24, 2.45) is 11.7 Å². The second kappa shape index (κ2) is 4.77. The molecule has 1 aliphatic rings. The maximum Gasteiger partial charge on any atom is 0.0696 e. The van der Waals surface area contributed by atoms with E-state index < -0.39 is 0 Å². The topological polar surface area (TPSA) is 46.2 Å². The normalized spacial score (nSPS) is 19.9. The van der Waals surface area contributed by atoms with E-state index in [0.29, 0.717) is 5.92 Å². The van der Waals surface area contributed by atoms with Gasteiger partial charge in [-0.15, -0.1) is 0 Å². The summed E-state index contributed by atoms with van der Waals surface area (Å²) in [5, 5.41) is 9.86. The molecule has 0 spiro atoms. The molecule has 0 aromatic heterocycles. The van der Waals surface area contributed by atoms with Gasteiger partial charge in [0.1, 0.15) is 0 Å². The van der Waals surface area contributed by atoms with Crippen LogP contribution in [0.2, 0.25) is 0 Å². The standard InChI is InChI=1S/C13H19NO/c14-13(11-7-8-11)12(15)9-6-10-4-2-1-3-5-10/h1-5,11-13,15H,6-9,14H2. The first kappa shape index (κ1) is 10.7. The third-order valence-electron chi connectivity index (χ3n) is 3.18. The molecule has 2 nitrogen and oxygen atoms in total. The SMILES string of the molecule is NC(C(O)CCc1ccccc1)C1CC1. The molecule has 2 unspecified atom stereocenters. The predicted molar refractivity (Wildman–Crippen MR) is 61.5 cm³/mol. The fourth-order valence-corrected chi connectivity index (χ4v) is 1.95. The first-order chi connectivity index (χ1) is 7.27. The van der Waals surface area contributed by atoms with Crippen molar-refractivity contribution in [3.05, 3.63) is 35.9 Å². The Morgan fingerprint density at radius 2 is 1.93 bits per heavy atom. The first-order valence-corrected chi connectivity index (χ1v) is 5.75. The highest BCUT2D eigenvalue weighted by molar-refractivity contribution is 5.14. The molecule has 0 saturated heterocycles. The van der Waals surface area contributed by atoms with Crippen LogP contribution in [0.5, 0.6) is 0 Å². The third-order valence-corrected chi connectivity index (χ3v) is 3.18. The van der Waals surface area contributed by atoms with Gasteiger partial charge in [-0.05, 0) is 37.2 Å². The van der Waals surface area contributed by atoms with Gasteiger partial charge in [0.2, 0.25) is 0 Å². The van der Waals surface area contributed by atoms with Gasteiger partial charge in [0.05, 0.1) is 6.10 Å². The van der Waals surface area contributed by atoms with Crippen molar-refractivity contribution in [2.45, 2.75) is 37.8 Å². The van der Waals surface area contributed by atoms with Gasteiger partial charge in [0.15, 0.2) is 0 Å². The highest BCUT2D eigenvalue weighted by atomic mass is 16.3. The van der Waals surface area contributed by atoms with Gasteiger partial charge in [-0.2, -0.15) is 0 Å². The summed E-state index contributed by atoms with van der Waals surface area (Å²) in [5.74, 6) is 0.579. The smallest absolute Gasteiger partial charge is 0.0696 e. The summed E-state index contributed by atoms with van der Waals surface area (Å²) in [4.78, 5) is 0. The number of hydrogen-bond acceptors (Lipinski definition) is 2. The molecule has 3 N–H and O–H groups in total.